The van der Waals surface area contributed by atoms with Crippen molar-refractivity contribution in [2.75, 3.05) is 32.7 Å². The van der Waals surface area contributed by atoms with E-state index in [1.807, 2.05) is 30.3 Å². The molecular formula is C18H26N4O3. The van der Waals surface area contributed by atoms with Crippen LogP contribution < -0.4 is 21.3 Å². The van der Waals surface area contributed by atoms with Gasteiger partial charge in [-0.3, -0.25) is 14.4 Å². The van der Waals surface area contributed by atoms with Gasteiger partial charge in [0, 0.05) is 39.1 Å². The van der Waals surface area contributed by atoms with E-state index in [4.69, 9.17) is 0 Å². The van der Waals surface area contributed by atoms with Gasteiger partial charge in [-0.25, -0.2) is 0 Å². The molecule has 0 radical (unpaired) electrons. The minimum absolute atomic E-state index is 0.0523. The highest BCUT2D eigenvalue weighted by Crippen LogP contribution is 2.11. The number of carbonyl (C=O) groups excluding carboxylic acids is 3. The van der Waals surface area contributed by atoms with Gasteiger partial charge in [0.1, 0.15) is 5.92 Å². The molecule has 7 nitrogen and oxygen atoms in total. The van der Waals surface area contributed by atoms with Gasteiger partial charge in [-0.15, -0.1) is 0 Å². The molecule has 1 aliphatic rings. The van der Waals surface area contributed by atoms with Gasteiger partial charge >= 0.3 is 0 Å². The molecule has 7 heteroatoms. The summed E-state index contributed by atoms with van der Waals surface area (Å²) in [7, 11) is 0. The van der Waals surface area contributed by atoms with Crippen LogP contribution in [0.5, 0.6) is 0 Å². The highest BCUT2D eigenvalue weighted by atomic mass is 16.2. The van der Waals surface area contributed by atoms with Crippen LogP contribution >= 0.6 is 0 Å². The fraction of sp³-hybridized carbons (Fsp3) is 0.500. The van der Waals surface area contributed by atoms with E-state index in [9.17, 15) is 14.4 Å². The van der Waals surface area contributed by atoms with E-state index in [0.29, 0.717) is 52.0 Å². The second-order valence-electron chi connectivity index (χ2n) is 6.01. The van der Waals surface area contributed by atoms with Crippen LogP contribution in [0.3, 0.4) is 0 Å². The van der Waals surface area contributed by atoms with Crippen molar-refractivity contribution >= 4 is 17.7 Å². The minimum Gasteiger partial charge on any atom is -0.354 e. The van der Waals surface area contributed by atoms with Gasteiger partial charge in [0.25, 0.3) is 0 Å². The van der Waals surface area contributed by atoms with Crippen LogP contribution in [0.25, 0.3) is 0 Å². The van der Waals surface area contributed by atoms with Crippen LogP contribution in [0, 0.1) is 5.92 Å². The van der Waals surface area contributed by atoms with Crippen molar-refractivity contribution in [3.8, 4) is 0 Å². The van der Waals surface area contributed by atoms with Gasteiger partial charge < -0.3 is 21.3 Å². The summed E-state index contributed by atoms with van der Waals surface area (Å²) >= 11 is 0. The van der Waals surface area contributed by atoms with Gasteiger partial charge in [-0.2, -0.15) is 0 Å². The van der Waals surface area contributed by atoms with E-state index in [1.54, 1.807) is 0 Å². The molecule has 0 saturated carbocycles. The summed E-state index contributed by atoms with van der Waals surface area (Å²) in [6.07, 6.45) is 1.48. The molecule has 1 atom stereocenters. The second kappa shape index (κ2) is 10.5. The molecule has 1 saturated heterocycles. The normalized spacial score (nSPS) is 20.8. The van der Waals surface area contributed by atoms with E-state index in [0.717, 1.165) is 5.56 Å². The number of rotatable bonds is 3. The predicted molar refractivity (Wildman–Crippen MR) is 94.8 cm³/mol. The molecule has 0 spiro atoms. The SMILES string of the molecule is O=C1CCNCCNC(=O)C(CCc2ccccc2)C(=O)NCCN1. The summed E-state index contributed by atoms with van der Waals surface area (Å²) in [6, 6.07) is 9.79. The zero-order chi connectivity index (χ0) is 17.9. The predicted octanol–water partition coefficient (Wildman–Crippen LogP) is -0.423. The van der Waals surface area contributed by atoms with Gasteiger partial charge in [0.15, 0.2) is 0 Å². The van der Waals surface area contributed by atoms with Crippen molar-refractivity contribution < 1.29 is 14.4 Å². The Morgan fingerprint density at radius 2 is 1.44 bits per heavy atom. The van der Waals surface area contributed by atoms with Crippen LogP contribution in [-0.2, 0) is 20.8 Å². The lowest BCUT2D eigenvalue weighted by molar-refractivity contribution is -0.135. The Labute approximate surface area is 147 Å². The third kappa shape index (κ3) is 6.93. The molecule has 1 unspecified atom stereocenters. The van der Waals surface area contributed by atoms with Crippen LogP contribution in [0.15, 0.2) is 30.3 Å². The maximum Gasteiger partial charge on any atom is 0.232 e. The van der Waals surface area contributed by atoms with Crippen molar-refractivity contribution in [2.45, 2.75) is 19.3 Å². The van der Waals surface area contributed by atoms with Crippen molar-refractivity contribution in [2.24, 2.45) is 5.92 Å². The molecule has 3 amide bonds. The molecule has 1 aromatic carbocycles. The Hall–Kier alpha value is -2.41. The molecule has 1 fully saturated rings. The summed E-state index contributed by atoms with van der Waals surface area (Å²) < 4.78 is 0. The zero-order valence-electron chi connectivity index (χ0n) is 14.3. The number of amides is 3. The number of nitrogens with one attached hydrogen (secondary N) is 4. The molecule has 1 aliphatic heterocycles. The average Bonchev–Trinajstić information content (AvgIpc) is 2.62. The van der Waals surface area contributed by atoms with Gasteiger partial charge in [0.2, 0.25) is 17.7 Å². The molecule has 2 rings (SSSR count). The monoisotopic (exact) mass is 346 g/mol. The van der Waals surface area contributed by atoms with Crippen LogP contribution in [-0.4, -0.2) is 50.4 Å². The van der Waals surface area contributed by atoms with E-state index in [2.05, 4.69) is 21.3 Å². The highest BCUT2D eigenvalue weighted by Gasteiger charge is 2.26. The Morgan fingerprint density at radius 1 is 0.800 bits per heavy atom. The van der Waals surface area contributed by atoms with E-state index in [-0.39, 0.29) is 17.7 Å². The Morgan fingerprint density at radius 3 is 2.16 bits per heavy atom. The van der Waals surface area contributed by atoms with Crippen molar-refractivity contribution in [1.29, 1.82) is 0 Å². The van der Waals surface area contributed by atoms with Gasteiger partial charge in [0.05, 0.1) is 0 Å². The molecule has 25 heavy (non-hydrogen) atoms. The largest absolute Gasteiger partial charge is 0.354 e. The van der Waals surface area contributed by atoms with E-state index < -0.39 is 5.92 Å². The van der Waals surface area contributed by atoms with Gasteiger partial charge in [-0.05, 0) is 18.4 Å². The average molecular weight is 346 g/mol. The third-order valence-electron chi connectivity index (χ3n) is 4.07. The first kappa shape index (κ1) is 18.9. The van der Waals surface area contributed by atoms with E-state index >= 15 is 0 Å². The van der Waals surface area contributed by atoms with Crippen LogP contribution in [0.1, 0.15) is 18.4 Å². The summed E-state index contributed by atoms with van der Waals surface area (Å²) in [6.45, 7) is 2.22. The van der Waals surface area contributed by atoms with Gasteiger partial charge in [-0.1, -0.05) is 30.3 Å². The van der Waals surface area contributed by atoms with Crippen LogP contribution in [0.2, 0.25) is 0 Å². The smallest absolute Gasteiger partial charge is 0.232 e. The fourth-order valence-electron chi connectivity index (χ4n) is 2.66. The first-order valence-corrected chi connectivity index (χ1v) is 8.73. The number of carbonyl (C=O) groups is 3. The third-order valence-corrected chi connectivity index (χ3v) is 4.07. The molecule has 4 N–H and O–H groups in total. The Bertz CT molecular complexity index is 577. The van der Waals surface area contributed by atoms with Crippen molar-refractivity contribution in [3.63, 3.8) is 0 Å². The lowest BCUT2D eigenvalue weighted by Gasteiger charge is -2.18. The van der Waals surface area contributed by atoms with Crippen LogP contribution in [0.4, 0.5) is 0 Å². The van der Waals surface area contributed by atoms with E-state index in [1.165, 1.54) is 0 Å². The maximum absolute atomic E-state index is 12.4. The lowest BCUT2D eigenvalue weighted by atomic mass is 9.97. The maximum atomic E-state index is 12.4. The topological polar surface area (TPSA) is 99.3 Å². The van der Waals surface area contributed by atoms with Crippen molar-refractivity contribution in [3.05, 3.63) is 35.9 Å². The second-order valence-corrected chi connectivity index (χ2v) is 6.01. The number of benzene rings is 1. The fourth-order valence-corrected chi connectivity index (χ4v) is 2.66. The first-order valence-electron chi connectivity index (χ1n) is 8.73. The minimum atomic E-state index is -0.737. The molecule has 1 aromatic rings. The summed E-state index contributed by atoms with van der Waals surface area (Å²) in [5.41, 5.74) is 1.09. The first-order chi connectivity index (χ1) is 12.2. The molecule has 0 aliphatic carbocycles. The molecule has 0 bridgehead atoms. The zero-order valence-corrected chi connectivity index (χ0v) is 14.3. The highest BCUT2D eigenvalue weighted by molar-refractivity contribution is 6.00. The lowest BCUT2D eigenvalue weighted by Crippen LogP contribution is -2.45. The number of aryl methyl sites for hydroxylation is 1. The molecule has 0 aromatic heterocycles. The summed E-state index contributed by atoms with van der Waals surface area (Å²) in [5.74, 6) is -1.34. The number of hydrogen-bond acceptors (Lipinski definition) is 4. The molecular weight excluding hydrogens is 320 g/mol. The molecule has 136 valence electrons. The Kier molecular flexibility index (Phi) is 7.91. The quantitative estimate of drug-likeness (QED) is 0.559. The standard InChI is InChI=1S/C18H26N4O3/c23-16-8-9-19-10-11-21-17(24)15(18(25)22-13-12-20-16)7-6-14-4-2-1-3-5-14/h1-5,15,19H,6-13H2,(H,20,23)(H,21,24)(H,22,25). The number of hydrogen-bond donors (Lipinski definition) is 4. The summed E-state index contributed by atoms with van der Waals surface area (Å²) in [5, 5.41) is 11.4. The van der Waals surface area contributed by atoms with Crippen molar-refractivity contribution in [1.82, 2.24) is 21.3 Å². The Balaban J connectivity index is 1.95. The summed E-state index contributed by atoms with van der Waals surface area (Å²) in [4.78, 5) is 36.4. The molecule has 1 heterocycles.